The minimum absolute atomic E-state index is 0.0171. The molecule has 4 rings (SSSR count). The molecular weight excluding hydrogens is 438 g/mol. The van der Waals surface area contributed by atoms with Gasteiger partial charge in [0.1, 0.15) is 12.4 Å². The standard InChI is InChI=1S/C25H19N3O4S/c29-24(27-25-26-23(17-33-25)20-9-11-21(12-10-20)28(30)31)15-8-18-6-13-22(14-7-18)32-16-19-4-2-1-3-5-19/h1-15,17H,16H2,(H,26,27,29)/b15-8+. The van der Waals surface area contributed by atoms with E-state index >= 15 is 0 Å². The van der Waals surface area contributed by atoms with Crippen LogP contribution in [0.1, 0.15) is 11.1 Å². The zero-order chi connectivity index (χ0) is 23.0. The van der Waals surface area contributed by atoms with E-state index < -0.39 is 4.92 Å². The number of carbonyl (C=O) groups excluding carboxylic acids is 1. The summed E-state index contributed by atoms with van der Waals surface area (Å²) in [7, 11) is 0. The Morgan fingerprint density at radius 3 is 2.45 bits per heavy atom. The molecule has 1 amide bonds. The van der Waals surface area contributed by atoms with E-state index in [4.69, 9.17) is 4.74 Å². The summed E-state index contributed by atoms with van der Waals surface area (Å²) in [5.41, 5.74) is 3.35. The first-order valence-corrected chi connectivity index (χ1v) is 10.9. The highest BCUT2D eigenvalue weighted by Gasteiger charge is 2.09. The van der Waals surface area contributed by atoms with Gasteiger partial charge in [0.2, 0.25) is 5.91 Å². The zero-order valence-electron chi connectivity index (χ0n) is 17.4. The third-order valence-corrected chi connectivity index (χ3v) is 5.42. The number of nitrogens with zero attached hydrogens (tertiary/aromatic N) is 2. The molecule has 0 saturated carbocycles. The maximum Gasteiger partial charge on any atom is 0.269 e. The van der Waals surface area contributed by atoms with Crippen molar-refractivity contribution in [3.8, 4) is 17.0 Å². The highest BCUT2D eigenvalue weighted by molar-refractivity contribution is 7.14. The average Bonchev–Trinajstić information content (AvgIpc) is 3.31. The second-order valence-electron chi connectivity index (χ2n) is 7.01. The Kier molecular flexibility index (Phi) is 6.87. The van der Waals surface area contributed by atoms with Crippen molar-refractivity contribution in [1.82, 2.24) is 4.98 Å². The van der Waals surface area contributed by atoms with Crippen LogP contribution in [-0.4, -0.2) is 15.8 Å². The summed E-state index contributed by atoms with van der Waals surface area (Å²) in [6.07, 6.45) is 3.15. The number of hydrogen-bond donors (Lipinski definition) is 1. The van der Waals surface area contributed by atoms with E-state index in [1.54, 1.807) is 23.6 Å². The van der Waals surface area contributed by atoms with E-state index in [9.17, 15) is 14.9 Å². The van der Waals surface area contributed by atoms with Gasteiger partial charge in [-0.15, -0.1) is 11.3 Å². The molecule has 8 heteroatoms. The summed E-state index contributed by atoms with van der Waals surface area (Å²) in [5.74, 6) is 0.450. The number of nitrogens with one attached hydrogen (secondary N) is 1. The summed E-state index contributed by atoms with van der Waals surface area (Å²) in [5, 5.41) is 15.7. The topological polar surface area (TPSA) is 94.4 Å². The van der Waals surface area contributed by atoms with E-state index in [2.05, 4.69) is 10.3 Å². The number of thiazole rings is 1. The number of carbonyl (C=O) groups is 1. The van der Waals surface area contributed by atoms with Crippen molar-refractivity contribution in [1.29, 1.82) is 0 Å². The Hall–Kier alpha value is -4.30. The number of rotatable bonds is 8. The van der Waals surface area contributed by atoms with E-state index in [1.807, 2.05) is 54.6 Å². The van der Waals surface area contributed by atoms with Gasteiger partial charge in [-0.05, 0) is 41.5 Å². The Balaban J connectivity index is 1.30. The molecule has 0 aliphatic heterocycles. The number of amides is 1. The fourth-order valence-corrected chi connectivity index (χ4v) is 3.68. The van der Waals surface area contributed by atoms with Gasteiger partial charge in [0.15, 0.2) is 5.13 Å². The van der Waals surface area contributed by atoms with Crippen molar-refractivity contribution >= 4 is 34.1 Å². The maximum atomic E-state index is 12.2. The monoisotopic (exact) mass is 457 g/mol. The molecule has 0 unspecified atom stereocenters. The third kappa shape index (κ3) is 6.11. The van der Waals surface area contributed by atoms with Crippen LogP contribution < -0.4 is 10.1 Å². The van der Waals surface area contributed by atoms with Crippen LogP contribution in [0.4, 0.5) is 10.8 Å². The molecular formula is C25H19N3O4S. The number of benzene rings is 3. The van der Waals surface area contributed by atoms with E-state index in [1.165, 1.54) is 29.5 Å². The van der Waals surface area contributed by atoms with E-state index in [0.717, 1.165) is 22.4 Å². The summed E-state index contributed by atoms with van der Waals surface area (Å²) in [6, 6.07) is 23.5. The lowest BCUT2D eigenvalue weighted by Crippen LogP contribution is -2.07. The summed E-state index contributed by atoms with van der Waals surface area (Å²) >= 11 is 1.28. The number of nitro benzene ring substituents is 1. The quantitative estimate of drug-likeness (QED) is 0.200. The van der Waals surface area contributed by atoms with Crippen molar-refractivity contribution < 1.29 is 14.5 Å². The minimum atomic E-state index is -0.450. The molecule has 0 aliphatic carbocycles. The molecule has 33 heavy (non-hydrogen) atoms. The molecule has 7 nitrogen and oxygen atoms in total. The molecule has 0 bridgehead atoms. The number of non-ortho nitro benzene ring substituents is 1. The molecule has 0 aliphatic rings. The molecule has 3 aromatic carbocycles. The molecule has 0 atom stereocenters. The van der Waals surface area contributed by atoms with E-state index in [-0.39, 0.29) is 11.6 Å². The Morgan fingerprint density at radius 1 is 1.03 bits per heavy atom. The maximum absolute atomic E-state index is 12.2. The molecule has 0 spiro atoms. The number of nitro groups is 1. The lowest BCUT2D eigenvalue weighted by Gasteiger charge is -2.06. The molecule has 1 heterocycles. The SMILES string of the molecule is O=C(/C=C/c1ccc(OCc2ccccc2)cc1)Nc1nc(-c2ccc([N+](=O)[O-])cc2)cs1. The van der Waals surface area contributed by atoms with Crippen molar-refractivity contribution in [2.75, 3.05) is 5.32 Å². The second kappa shape index (κ2) is 10.3. The Bertz CT molecular complexity index is 1270. The van der Waals surface area contributed by atoms with Crippen molar-refractivity contribution in [3.63, 3.8) is 0 Å². The van der Waals surface area contributed by atoms with Gasteiger partial charge >= 0.3 is 0 Å². The van der Waals surface area contributed by atoms with Crippen molar-refractivity contribution in [3.05, 3.63) is 112 Å². The number of aromatic nitrogens is 1. The first-order valence-electron chi connectivity index (χ1n) is 10.0. The fraction of sp³-hybridized carbons (Fsp3) is 0.0400. The zero-order valence-corrected chi connectivity index (χ0v) is 18.2. The van der Waals surface area contributed by atoms with Crippen LogP contribution in [0.3, 0.4) is 0 Å². The largest absolute Gasteiger partial charge is 0.489 e. The molecule has 0 saturated heterocycles. The lowest BCUT2D eigenvalue weighted by molar-refractivity contribution is -0.384. The van der Waals surface area contributed by atoms with Crippen LogP contribution in [0.15, 0.2) is 90.3 Å². The molecule has 1 aromatic heterocycles. The van der Waals surface area contributed by atoms with Crippen molar-refractivity contribution in [2.24, 2.45) is 0 Å². The van der Waals surface area contributed by atoms with Crippen LogP contribution in [-0.2, 0) is 11.4 Å². The van der Waals surface area contributed by atoms with Crippen LogP contribution in [0.25, 0.3) is 17.3 Å². The molecule has 1 N–H and O–H groups in total. The number of hydrogen-bond acceptors (Lipinski definition) is 6. The van der Waals surface area contributed by atoms with Crippen LogP contribution >= 0.6 is 11.3 Å². The van der Waals surface area contributed by atoms with Crippen molar-refractivity contribution in [2.45, 2.75) is 6.61 Å². The normalized spacial score (nSPS) is 10.8. The summed E-state index contributed by atoms with van der Waals surface area (Å²) in [4.78, 5) is 26.9. The predicted molar refractivity (Wildman–Crippen MR) is 129 cm³/mol. The highest BCUT2D eigenvalue weighted by atomic mass is 32.1. The first kappa shape index (κ1) is 21.9. The van der Waals surface area contributed by atoms with Gasteiger partial charge in [-0.25, -0.2) is 4.98 Å². The minimum Gasteiger partial charge on any atom is -0.489 e. The highest BCUT2D eigenvalue weighted by Crippen LogP contribution is 2.26. The van der Waals surface area contributed by atoms with Crippen LogP contribution in [0.5, 0.6) is 5.75 Å². The van der Waals surface area contributed by atoms with Gasteiger partial charge in [-0.3, -0.25) is 20.2 Å². The lowest BCUT2D eigenvalue weighted by atomic mass is 10.1. The fourth-order valence-electron chi connectivity index (χ4n) is 2.95. The first-order chi connectivity index (χ1) is 16.1. The second-order valence-corrected chi connectivity index (χ2v) is 7.87. The van der Waals surface area contributed by atoms with Crippen LogP contribution in [0, 0.1) is 10.1 Å². The van der Waals surface area contributed by atoms with Gasteiger partial charge in [-0.1, -0.05) is 42.5 Å². The summed E-state index contributed by atoms with van der Waals surface area (Å²) < 4.78 is 5.77. The smallest absolute Gasteiger partial charge is 0.269 e. The van der Waals surface area contributed by atoms with Gasteiger partial charge in [0, 0.05) is 29.2 Å². The van der Waals surface area contributed by atoms with E-state index in [0.29, 0.717) is 17.4 Å². The van der Waals surface area contributed by atoms with Crippen LogP contribution in [0.2, 0.25) is 0 Å². The van der Waals surface area contributed by atoms with Gasteiger partial charge in [0.25, 0.3) is 5.69 Å². The Morgan fingerprint density at radius 2 is 1.76 bits per heavy atom. The summed E-state index contributed by atoms with van der Waals surface area (Å²) in [6.45, 7) is 0.494. The third-order valence-electron chi connectivity index (χ3n) is 4.66. The molecule has 4 aromatic rings. The molecule has 0 fully saturated rings. The van der Waals surface area contributed by atoms with Gasteiger partial charge in [0.05, 0.1) is 10.6 Å². The average molecular weight is 458 g/mol. The molecule has 164 valence electrons. The molecule has 0 radical (unpaired) electrons. The van der Waals surface area contributed by atoms with Gasteiger partial charge in [-0.2, -0.15) is 0 Å². The number of anilines is 1. The number of ether oxygens (including phenoxy) is 1. The Labute approximate surface area is 194 Å². The van der Waals surface area contributed by atoms with Gasteiger partial charge < -0.3 is 4.74 Å². The predicted octanol–water partition coefficient (Wildman–Crippen LogP) is 5.95.